The number of sulfonamides is 2. The molecule has 0 amide bonds. The molecule has 0 aliphatic carbocycles. The second-order valence-electron chi connectivity index (χ2n) is 7.40. The van der Waals surface area contributed by atoms with Gasteiger partial charge in [-0.05, 0) is 47.5 Å². The number of alkyl halides is 3. The Morgan fingerprint density at radius 1 is 0.914 bits per heavy atom. The zero-order chi connectivity index (χ0) is 25.4. The molecule has 0 bridgehead atoms. The molecule has 0 unspecified atom stereocenters. The summed E-state index contributed by atoms with van der Waals surface area (Å²) in [5, 5.41) is 5.32. The van der Waals surface area contributed by atoms with Crippen molar-refractivity contribution in [2.75, 3.05) is 4.72 Å². The summed E-state index contributed by atoms with van der Waals surface area (Å²) >= 11 is 0. The maximum absolute atomic E-state index is 12.5. The molecule has 1 aromatic heterocycles. The molecule has 4 N–H and O–H groups in total. The summed E-state index contributed by atoms with van der Waals surface area (Å²) in [6.45, 7) is 0. The zero-order valence-electron chi connectivity index (χ0n) is 17.6. The molecule has 0 radical (unpaired) electrons. The Bertz CT molecular complexity index is 1640. The minimum atomic E-state index is -5.49. The van der Waals surface area contributed by atoms with Crippen LogP contribution < -0.4 is 9.86 Å². The number of anilines is 1. The standard InChI is InChI=1S/C22H17F3N4O4S2/c23-22(24,25)35(32,33)29-16-9-5-14(6-10-16)7-12-21-27-18-11-8-15(13-19(18)28-21)17-3-1-2-4-20(17)34(26,30)31/h1-13,29H,(H,27,28)(H2,26,30,31). The minimum absolute atomic E-state index is 0.00373. The van der Waals surface area contributed by atoms with Crippen molar-refractivity contribution in [1.29, 1.82) is 0 Å². The number of nitrogens with two attached hydrogens (primary N) is 1. The number of imidazole rings is 1. The number of H-pyrrole nitrogens is 1. The van der Waals surface area contributed by atoms with Crippen LogP contribution in [0.25, 0.3) is 34.3 Å². The van der Waals surface area contributed by atoms with Crippen molar-refractivity contribution in [2.24, 2.45) is 5.14 Å². The van der Waals surface area contributed by atoms with E-state index in [0.717, 1.165) is 0 Å². The van der Waals surface area contributed by atoms with Gasteiger partial charge in [-0.3, -0.25) is 4.72 Å². The van der Waals surface area contributed by atoms with Gasteiger partial charge < -0.3 is 4.98 Å². The molecule has 0 aliphatic heterocycles. The summed E-state index contributed by atoms with van der Waals surface area (Å²) in [6, 6.07) is 16.8. The van der Waals surface area contributed by atoms with Gasteiger partial charge in [-0.2, -0.15) is 21.6 Å². The summed E-state index contributed by atoms with van der Waals surface area (Å²) in [7, 11) is -9.41. The van der Waals surface area contributed by atoms with Gasteiger partial charge in [0.15, 0.2) is 0 Å². The lowest BCUT2D eigenvalue weighted by atomic mass is 10.1. The van der Waals surface area contributed by atoms with Crippen molar-refractivity contribution >= 4 is 48.9 Å². The molecular formula is C22H17F3N4O4S2. The molecule has 4 rings (SSSR count). The number of hydrogen-bond donors (Lipinski definition) is 3. The van der Waals surface area contributed by atoms with Gasteiger partial charge >= 0.3 is 15.5 Å². The molecule has 3 aromatic carbocycles. The molecule has 4 aromatic rings. The summed E-state index contributed by atoms with van der Waals surface area (Å²) in [6.07, 6.45) is 3.27. The maximum Gasteiger partial charge on any atom is 0.516 e. The van der Waals surface area contributed by atoms with Gasteiger partial charge in [-0.1, -0.05) is 42.5 Å². The number of nitrogens with zero attached hydrogens (tertiary/aromatic N) is 1. The van der Waals surface area contributed by atoms with Crippen LogP contribution in [0.15, 0.2) is 71.6 Å². The Labute approximate surface area is 198 Å². The predicted molar refractivity (Wildman–Crippen MR) is 127 cm³/mol. The van der Waals surface area contributed by atoms with Crippen LogP contribution in [0.2, 0.25) is 0 Å². The highest BCUT2D eigenvalue weighted by Gasteiger charge is 2.46. The molecule has 0 aliphatic rings. The lowest BCUT2D eigenvalue weighted by Gasteiger charge is -2.10. The van der Waals surface area contributed by atoms with Gasteiger partial charge in [-0.25, -0.2) is 18.5 Å². The smallest absolute Gasteiger partial charge is 0.338 e. The Hall–Kier alpha value is -3.68. The van der Waals surface area contributed by atoms with E-state index in [9.17, 15) is 30.0 Å². The van der Waals surface area contributed by atoms with Crippen LogP contribution in [0.5, 0.6) is 0 Å². The molecule has 182 valence electrons. The maximum atomic E-state index is 12.5. The third-order valence-corrected chi connectivity index (χ3v) is 6.99. The van der Waals surface area contributed by atoms with Gasteiger partial charge in [0.1, 0.15) is 5.82 Å². The van der Waals surface area contributed by atoms with Gasteiger partial charge in [0, 0.05) is 11.3 Å². The van der Waals surface area contributed by atoms with E-state index < -0.39 is 25.6 Å². The topological polar surface area (TPSA) is 135 Å². The molecule has 0 saturated carbocycles. The number of rotatable bonds is 6. The van der Waals surface area contributed by atoms with Crippen molar-refractivity contribution in [3.05, 3.63) is 78.1 Å². The predicted octanol–water partition coefficient (Wildman–Crippen LogP) is 4.31. The quantitative estimate of drug-likeness (QED) is 0.347. The highest BCUT2D eigenvalue weighted by atomic mass is 32.2. The number of hydrogen-bond acceptors (Lipinski definition) is 5. The zero-order valence-corrected chi connectivity index (χ0v) is 19.2. The second kappa shape index (κ2) is 8.83. The van der Waals surface area contributed by atoms with E-state index in [1.807, 2.05) is 0 Å². The molecule has 35 heavy (non-hydrogen) atoms. The number of aromatic amines is 1. The fraction of sp³-hybridized carbons (Fsp3) is 0.0455. The molecular weight excluding hydrogens is 505 g/mol. The van der Waals surface area contributed by atoms with Crippen LogP contribution in [-0.4, -0.2) is 32.3 Å². The fourth-order valence-electron chi connectivity index (χ4n) is 3.28. The van der Waals surface area contributed by atoms with E-state index in [1.54, 1.807) is 48.6 Å². The lowest BCUT2D eigenvalue weighted by Crippen LogP contribution is -2.29. The fourth-order valence-corrected chi connectivity index (χ4v) is 4.60. The van der Waals surface area contributed by atoms with Crippen molar-refractivity contribution in [1.82, 2.24) is 9.97 Å². The van der Waals surface area contributed by atoms with Gasteiger partial charge in [0.05, 0.1) is 15.9 Å². The number of fused-ring (bicyclic) bond motifs is 1. The normalized spacial score (nSPS) is 12.9. The first kappa shape index (κ1) is 24.4. The Morgan fingerprint density at radius 3 is 2.26 bits per heavy atom. The van der Waals surface area contributed by atoms with Crippen LogP contribution in [0.3, 0.4) is 0 Å². The molecule has 0 saturated heterocycles. The summed E-state index contributed by atoms with van der Waals surface area (Å²) in [4.78, 5) is 7.55. The SMILES string of the molecule is NS(=O)(=O)c1ccccc1-c1ccc2[nH]c(C=Cc3ccc(NS(=O)(=O)C(F)(F)F)cc3)nc2c1. The van der Waals surface area contributed by atoms with Crippen molar-refractivity contribution in [2.45, 2.75) is 10.4 Å². The van der Waals surface area contributed by atoms with Gasteiger partial charge in [-0.15, -0.1) is 0 Å². The number of primary sulfonamides is 1. The average Bonchev–Trinajstić information content (AvgIpc) is 3.19. The molecule has 0 fully saturated rings. The van der Waals surface area contributed by atoms with Crippen molar-refractivity contribution in [3.63, 3.8) is 0 Å². The largest absolute Gasteiger partial charge is 0.516 e. The van der Waals surface area contributed by atoms with Crippen LogP contribution in [0.1, 0.15) is 11.4 Å². The van der Waals surface area contributed by atoms with E-state index in [0.29, 0.717) is 33.5 Å². The van der Waals surface area contributed by atoms with E-state index in [4.69, 9.17) is 5.14 Å². The van der Waals surface area contributed by atoms with E-state index in [1.165, 1.54) is 35.1 Å². The third kappa shape index (κ3) is 5.37. The molecule has 1 heterocycles. The van der Waals surface area contributed by atoms with Crippen molar-refractivity contribution in [3.8, 4) is 11.1 Å². The average molecular weight is 523 g/mol. The Balaban J connectivity index is 1.56. The lowest BCUT2D eigenvalue weighted by molar-refractivity contribution is -0.0429. The van der Waals surface area contributed by atoms with Gasteiger partial charge in [0.2, 0.25) is 10.0 Å². The Kier molecular flexibility index (Phi) is 6.17. The summed E-state index contributed by atoms with van der Waals surface area (Å²) in [5.74, 6) is 0.471. The first-order valence-electron chi connectivity index (χ1n) is 9.83. The molecule has 13 heteroatoms. The van der Waals surface area contributed by atoms with E-state index in [2.05, 4.69) is 9.97 Å². The number of halogens is 3. The number of aromatic nitrogens is 2. The van der Waals surface area contributed by atoms with Crippen LogP contribution in [-0.2, 0) is 20.0 Å². The van der Waals surface area contributed by atoms with Crippen LogP contribution >= 0.6 is 0 Å². The second-order valence-corrected chi connectivity index (χ2v) is 10.6. The first-order chi connectivity index (χ1) is 16.3. The van der Waals surface area contributed by atoms with Crippen molar-refractivity contribution < 1.29 is 30.0 Å². The highest BCUT2D eigenvalue weighted by Crippen LogP contribution is 2.29. The van der Waals surface area contributed by atoms with Crippen LogP contribution in [0, 0.1) is 0 Å². The minimum Gasteiger partial charge on any atom is -0.338 e. The molecule has 0 atom stereocenters. The molecule has 8 nitrogen and oxygen atoms in total. The highest BCUT2D eigenvalue weighted by molar-refractivity contribution is 7.93. The summed E-state index contributed by atoms with van der Waals surface area (Å²) in [5.41, 5.74) is -2.73. The van der Waals surface area contributed by atoms with Gasteiger partial charge in [0.25, 0.3) is 0 Å². The van der Waals surface area contributed by atoms with E-state index in [-0.39, 0.29) is 10.6 Å². The Morgan fingerprint density at radius 2 is 1.60 bits per heavy atom. The third-order valence-electron chi connectivity index (χ3n) is 4.91. The molecule has 0 spiro atoms. The number of benzene rings is 3. The van der Waals surface area contributed by atoms with E-state index >= 15 is 0 Å². The first-order valence-corrected chi connectivity index (χ1v) is 12.9. The van der Waals surface area contributed by atoms with Crippen LogP contribution in [0.4, 0.5) is 18.9 Å². The monoisotopic (exact) mass is 522 g/mol. The summed E-state index contributed by atoms with van der Waals surface area (Å²) < 4.78 is 85.1. The number of nitrogens with one attached hydrogen (secondary N) is 2.